The van der Waals surface area contributed by atoms with Crippen molar-refractivity contribution in [3.63, 3.8) is 0 Å². The zero-order chi connectivity index (χ0) is 17.8. The zero-order valence-electron chi connectivity index (χ0n) is 13.0. The lowest BCUT2D eigenvalue weighted by molar-refractivity contribution is 0.114. The van der Waals surface area contributed by atoms with Gasteiger partial charge < -0.3 is 15.0 Å². The van der Waals surface area contributed by atoms with Crippen LogP contribution in [0.25, 0.3) is 11.0 Å². The highest BCUT2D eigenvalue weighted by atomic mass is 19.3. The van der Waals surface area contributed by atoms with Crippen LogP contribution in [-0.4, -0.2) is 23.0 Å². The summed E-state index contributed by atoms with van der Waals surface area (Å²) in [4.78, 5) is 7.06. The molecule has 1 heterocycles. The topological polar surface area (TPSA) is 49.9 Å². The molecule has 0 bridgehead atoms. The highest BCUT2D eigenvalue weighted by Gasteiger charge is 2.13. The average molecular weight is 353 g/mol. The molecule has 0 spiro atoms. The summed E-state index contributed by atoms with van der Waals surface area (Å²) in [6.07, 6.45) is -1.46. The minimum absolute atomic E-state index is 0.0785. The van der Waals surface area contributed by atoms with Crippen molar-refractivity contribution >= 4 is 16.7 Å². The van der Waals surface area contributed by atoms with Gasteiger partial charge in [0, 0.05) is 36.3 Å². The number of nitrogens with one attached hydrogen (secondary N) is 2. The number of hydrogen-bond acceptors (Lipinski definition) is 3. The molecule has 2 N–H and O–H groups in total. The van der Waals surface area contributed by atoms with E-state index < -0.39 is 24.5 Å². The third-order valence-electron chi connectivity index (χ3n) is 3.61. The van der Waals surface area contributed by atoms with Crippen molar-refractivity contribution < 1.29 is 22.3 Å². The predicted molar refractivity (Wildman–Crippen MR) is 85.9 cm³/mol. The van der Waals surface area contributed by atoms with Crippen LogP contribution >= 0.6 is 0 Å². The number of H-pyrrole nitrogens is 1. The molecule has 2 aromatic carbocycles. The molecule has 0 saturated carbocycles. The zero-order valence-corrected chi connectivity index (χ0v) is 13.0. The summed E-state index contributed by atoms with van der Waals surface area (Å²) in [7, 11) is 0. The van der Waals surface area contributed by atoms with Crippen molar-refractivity contribution in [2.45, 2.75) is 19.4 Å². The first-order chi connectivity index (χ1) is 12.0. The Labute approximate surface area is 140 Å². The summed E-state index contributed by atoms with van der Waals surface area (Å²) >= 11 is 0. The Balaban J connectivity index is 1.67. The molecule has 0 unspecified atom stereocenters. The van der Waals surface area contributed by atoms with Gasteiger partial charge in [-0.1, -0.05) is 0 Å². The van der Waals surface area contributed by atoms with Crippen LogP contribution in [0.4, 0.5) is 23.2 Å². The first-order valence-electron chi connectivity index (χ1n) is 7.59. The third-order valence-corrected chi connectivity index (χ3v) is 3.61. The van der Waals surface area contributed by atoms with Crippen LogP contribution in [0.5, 0.6) is 5.75 Å². The highest BCUT2D eigenvalue weighted by molar-refractivity contribution is 5.78. The number of aromatic nitrogens is 2. The van der Waals surface area contributed by atoms with Crippen LogP contribution in [-0.2, 0) is 6.54 Å². The summed E-state index contributed by atoms with van der Waals surface area (Å²) in [5, 5.41) is 2.93. The fraction of sp³-hybridized carbons (Fsp3) is 0.235. The summed E-state index contributed by atoms with van der Waals surface area (Å²) in [6, 6.07) is 7.30. The van der Waals surface area contributed by atoms with E-state index in [1.165, 1.54) is 0 Å². The minimum atomic E-state index is -2.52. The van der Waals surface area contributed by atoms with Gasteiger partial charge in [-0.2, -0.15) is 0 Å². The van der Waals surface area contributed by atoms with E-state index in [4.69, 9.17) is 4.74 Å². The lowest BCUT2D eigenvalue weighted by atomic mass is 10.1. The molecule has 3 aromatic rings. The first kappa shape index (κ1) is 17.1. The van der Waals surface area contributed by atoms with E-state index in [0.717, 1.165) is 23.2 Å². The number of hydrogen-bond donors (Lipinski definition) is 2. The number of fused-ring (bicyclic) bond motifs is 1. The van der Waals surface area contributed by atoms with Crippen molar-refractivity contribution in [2.75, 3.05) is 11.9 Å². The second-order valence-electron chi connectivity index (χ2n) is 5.38. The second-order valence-corrected chi connectivity index (χ2v) is 5.38. The number of aromatic amines is 1. The Bertz CT molecular complexity index is 843. The van der Waals surface area contributed by atoms with E-state index in [1.54, 1.807) is 24.5 Å². The van der Waals surface area contributed by atoms with Gasteiger partial charge in [0.1, 0.15) is 17.4 Å². The molecular formula is C17H15F4N3O. The van der Waals surface area contributed by atoms with Crippen LogP contribution < -0.4 is 10.1 Å². The van der Waals surface area contributed by atoms with Crippen molar-refractivity contribution in [1.82, 2.24) is 9.97 Å². The molecule has 0 radical (unpaired) electrons. The minimum Gasteiger partial charge on any atom is -0.493 e. The van der Waals surface area contributed by atoms with Crippen molar-refractivity contribution in [1.29, 1.82) is 0 Å². The van der Waals surface area contributed by atoms with Gasteiger partial charge in [-0.05, 0) is 18.2 Å². The van der Waals surface area contributed by atoms with Gasteiger partial charge >= 0.3 is 0 Å². The van der Waals surface area contributed by atoms with Gasteiger partial charge in [0.05, 0.1) is 24.0 Å². The molecule has 0 fully saturated rings. The lowest BCUT2D eigenvalue weighted by Gasteiger charge is -2.11. The molecule has 4 nitrogen and oxygen atoms in total. The molecule has 25 heavy (non-hydrogen) atoms. The Morgan fingerprint density at radius 2 is 1.88 bits per heavy atom. The van der Waals surface area contributed by atoms with Crippen LogP contribution in [0.2, 0.25) is 0 Å². The SMILES string of the molecule is Fc1cc(OCCC(F)F)cc(F)c1CNc1ccc2[nH]cnc2c1. The number of alkyl halides is 2. The van der Waals surface area contributed by atoms with E-state index in [-0.39, 0.29) is 24.5 Å². The Hall–Kier alpha value is -2.77. The van der Waals surface area contributed by atoms with Crippen molar-refractivity contribution in [3.8, 4) is 5.75 Å². The van der Waals surface area contributed by atoms with Gasteiger partial charge in [-0.3, -0.25) is 0 Å². The largest absolute Gasteiger partial charge is 0.493 e. The van der Waals surface area contributed by atoms with E-state index >= 15 is 0 Å². The number of benzene rings is 2. The Kier molecular flexibility index (Phi) is 5.06. The van der Waals surface area contributed by atoms with Gasteiger partial charge in [0.2, 0.25) is 6.43 Å². The first-order valence-corrected chi connectivity index (χ1v) is 7.59. The number of ether oxygens (including phenoxy) is 1. The van der Waals surface area contributed by atoms with Gasteiger partial charge in [-0.15, -0.1) is 0 Å². The number of halogens is 4. The van der Waals surface area contributed by atoms with Crippen LogP contribution in [0, 0.1) is 11.6 Å². The van der Waals surface area contributed by atoms with Crippen LogP contribution in [0.3, 0.4) is 0 Å². The van der Waals surface area contributed by atoms with E-state index in [9.17, 15) is 17.6 Å². The summed E-state index contributed by atoms with van der Waals surface area (Å²) < 4.78 is 57.2. The van der Waals surface area contributed by atoms with Crippen molar-refractivity contribution in [3.05, 3.63) is 53.9 Å². The normalized spacial score (nSPS) is 11.2. The molecule has 1 aromatic heterocycles. The Morgan fingerprint density at radius 3 is 2.60 bits per heavy atom. The highest BCUT2D eigenvalue weighted by Crippen LogP contribution is 2.23. The third kappa shape index (κ3) is 4.20. The van der Waals surface area contributed by atoms with Gasteiger partial charge in [0.15, 0.2) is 0 Å². The van der Waals surface area contributed by atoms with Gasteiger partial charge in [0.25, 0.3) is 0 Å². The number of anilines is 1. The predicted octanol–water partition coefficient (Wildman–Crippen LogP) is 4.49. The van der Waals surface area contributed by atoms with Crippen LogP contribution in [0.15, 0.2) is 36.7 Å². The molecule has 0 aliphatic carbocycles. The number of nitrogens with zero attached hydrogens (tertiary/aromatic N) is 1. The molecule has 8 heteroatoms. The standard InChI is InChI=1S/C17H15F4N3O/c18-13-6-11(25-4-3-17(20)21)7-14(19)12(13)8-22-10-1-2-15-16(5-10)24-9-23-15/h1-2,5-7,9,17,22H,3-4,8H2,(H,23,24). The molecule has 0 atom stereocenters. The quantitative estimate of drug-likeness (QED) is 0.616. The second kappa shape index (κ2) is 7.42. The smallest absolute Gasteiger partial charge is 0.241 e. The number of rotatable bonds is 7. The fourth-order valence-electron chi connectivity index (χ4n) is 2.33. The maximum atomic E-state index is 14.1. The number of imidazole rings is 1. The molecule has 0 aliphatic heterocycles. The molecule has 132 valence electrons. The average Bonchev–Trinajstić information content (AvgIpc) is 3.01. The Morgan fingerprint density at radius 1 is 1.12 bits per heavy atom. The molecule has 3 rings (SSSR count). The van der Waals surface area contributed by atoms with Crippen molar-refractivity contribution in [2.24, 2.45) is 0 Å². The summed E-state index contributed by atoms with van der Waals surface area (Å²) in [6.45, 7) is -0.386. The molecule has 0 aliphatic rings. The molecule has 0 saturated heterocycles. The van der Waals surface area contributed by atoms with E-state index in [2.05, 4.69) is 15.3 Å². The maximum Gasteiger partial charge on any atom is 0.241 e. The van der Waals surface area contributed by atoms with Crippen LogP contribution in [0.1, 0.15) is 12.0 Å². The van der Waals surface area contributed by atoms with E-state index in [1.807, 2.05) is 0 Å². The maximum absolute atomic E-state index is 14.1. The molecule has 0 amide bonds. The lowest BCUT2D eigenvalue weighted by Crippen LogP contribution is -2.07. The monoisotopic (exact) mass is 353 g/mol. The summed E-state index contributed by atoms with van der Waals surface area (Å²) in [5.74, 6) is -1.72. The molecular weight excluding hydrogens is 338 g/mol. The summed E-state index contributed by atoms with van der Waals surface area (Å²) in [5.41, 5.74) is 2.08. The van der Waals surface area contributed by atoms with E-state index in [0.29, 0.717) is 5.69 Å². The van der Waals surface area contributed by atoms with Gasteiger partial charge in [-0.25, -0.2) is 22.5 Å². The fourth-order valence-corrected chi connectivity index (χ4v) is 2.33.